The highest BCUT2D eigenvalue weighted by Gasteiger charge is 2.38. The molecule has 0 bridgehead atoms. The lowest BCUT2D eigenvalue weighted by Gasteiger charge is -2.01. The van der Waals surface area contributed by atoms with Crippen LogP contribution in [0.4, 0.5) is 13.2 Å². The molecule has 80 valence electrons. The van der Waals surface area contributed by atoms with Gasteiger partial charge in [-0.25, -0.2) is 0 Å². The average Bonchev–Trinajstić information content (AvgIpc) is 2.61. The van der Waals surface area contributed by atoms with Crippen molar-refractivity contribution in [2.24, 2.45) is 0 Å². The number of Topliss-reactive ketones (excluding diaryl/α,β-unsaturated/α-hetero) is 1. The van der Waals surface area contributed by atoms with E-state index in [0.29, 0.717) is 4.96 Å². The predicted molar refractivity (Wildman–Crippen MR) is 43.4 cm³/mol. The summed E-state index contributed by atoms with van der Waals surface area (Å²) in [4.78, 5) is 11.0. The first-order chi connectivity index (χ1) is 6.97. The molecular formula is C6H3F3N4OS. The minimum absolute atomic E-state index is 0.0715. The van der Waals surface area contributed by atoms with Crippen LogP contribution in [0.3, 0.4) is 0 Å². The number of halogens is 3. The second kappa shape index (κ2) is 3.26. The lowest BCUT2D eigenvalue weighted by molar-refractivity contribution is -0.170. The summed E-state index contributed by atoms with van der Waals surface area (Å²) < 4.78 is 37.0. The van der Waals surface area contributed by atoms with Crippen LogP contribution in [0, 0.1) is 0 Å². The van der Waals surface area contributed by atoms with Gasteiger partial charge in [-0.05, 0) is 0 Å². The van der Waals surface area contributed by atoms with Crippen molar-refractivity contribution in [3.8, 4) is 0 Å². The number of carbonyl (C=O) groups is 1. The predicted octanol–water partition coefficient (Wildman–Crippen LogP) is 0.860. The molecule has 9 heteroatoms. The van der Waals surface area contributed by atoms with Crippen molar-refractivity contribution in [2.45, 2.75) is 12.6 Å². The van der Waals surface area contributed by atoms with Gasteiger partial charge in [0.15, 0.2) is 0 Å². The molecule has 0 aliphatic heterocycles. The lowest BCUT2D eigenvalue weighted by Crippen LogP contribution is -2.24. The maximum atomic E-state index is 11.9. The van der Waals surface area contributed by atoms with Crippen LogP contribution < -0.4 is 0 Å². The minimum Gasteiger partial charge on any atom is -0.289 e. The van der Waals surface area contributed by atoms with Crippen molar-refractivity contribution in [1.82, 2.24) is 19.8 Å². The van der Waals surface area contributed by atoms with Gasteiger partial charge < -0.3 is 0 Å². The fourth-order valence-corrected chi connectivity index (χ4v) is 1.72. The Labute approximate surface area is 84.5 Å². The molecule has 15 heavy (non-hydrogen) atoms. The molecule has 0 aliphatic carbocycles. The number of rotatable bonds is 2. The molecule has 2 heterocycles. The van der Waals surface area contributed by atoms with Gasteiger partial charge in [-0.3, -0.25) is 4.79 Å². The van der Waals surface area contributed by atoms with Crippen LogP contribution in [0.15, 0.2) is 6.33 Å². The van der Waals surface area contributed by atoms with E-state index in [1.807, 2.05) is 0 Å². The van der Waals surface area contributed by atoms with Crippen LogP contribution in [0.1, 0.15) is 5.01 Å². The average molecular weight is 236 g/mol. The molecule has 0 unspecified atom stereocenters. The third-order valence-corrected chi connectivity index (χ3v) is 2.47. The fourth-order valence-electron chi connectivity index (χ4n) is 0.910. The third-order valence-electron chi connectivity index (χ3n) is 1.56. The van der Waals surface area contributed by atoms with Crippen molar-refractivity contribution in [2.75, 3.05) is 0 Å². The molecule has 0 N–H and O–H groups in total. The molecule has 0 spiro atoms. The number of nitrogens with zero attached hydrogens (tertiary/aromatic N) is 4. The first-order valence-electron chi connectivity index (χ1n) is 3.72. The first-order valence-corrected chi connectivity index (χ1v) is 4.54. The van der Waals surface area contributed by atoms with Crippen molar-refractivity contribution in [1.29, 1.82) is 0 Å². The molecule has 0 aromatic carbocycles. The highest BCUT2D eigenvalue weighted by Crippen LogP contribution is 2.20. The van der Waals surface area contributed by atoms with Crippen LogP contribution in [0.2, 0.25) is 0 Å². The Hall–Kier alpha value is -1.51. The van der Waals surface area contributed by atoms with Gasteiger partial charge in [0.05, 0.1) is 6.42 Å². The number of carbonyl (C=O) groups excluding carboxylic acids is 1. The van der Waals surface area contributed by atoms with Crippen molar-refractivity contribution >= 4 is 22.1 Å². The maximum absolute atomic E-state index is 11.9. The Morgan fingerprint density at radius 3 is 2.87 bits per heavy atom. The first kappa shape index (κ1) is 10.0. The number of alkyl halides is 3. The molecule has 0 saturated carbocycles. The molecule has 0 saturated heterocycles. The largest absolute Gasteiger partial charge is 0.450 e. The Balaban J connectivity index is 2.20. The SMILES string of the molecule is O=C(Cc1nn2cnnc2s1)C(F)(F)F. The third kappa shape index (κ3) is 1.96. The summed E-state index contributed by atoms with van der Waals surface area (Å²) in [5.41, 5.74) is 0. The second-order valence-electron chi connectivity index (χ2n) is 2.65. The Morgan fingerprint density at radius 1 is 1.53 bits per heavy atom. The summed E-state index contributed by atoms with van der Waals surface area (Å²) in [6.45, 7) is 0. The van der Waals surface area contributed by atoms with E-state index in [1.165, 1.54) is 10.8 Å². The van der Waals surface area contributed by atoms with Crippen molar-refractivity contribution in [3.63, 3.8) is 0 Å². The standard InChI is InChI=1S/C6H3F3N4OS/c7-6(8,9)3(14)1-4-12-13-2-10-11-5(13)15-4/h2H,1H2. The number of ketones is 1. The molecule has 0 radical (unpaired) electrons. The molecule has 0 atom stereocenters. The van der Waals surface area contributed by atoms with E-state index in [0.717, 1.165) is 11.3 Å². The zero-order chi connectivity index (χ0) is 11.1. The molecule has 5 nitrogen and oxygen atoms in total. The van der Waals surface area contributed by atoms with E-state index in [4.69, 9.17) is 0 Å². The molecule has 0 amide bonds. The van der Waals surface area contributed by atoms with E-state index in [1.54, 1.807) is 0 Å². The van der Waals surface area contributed by atoms with E-state index >= 15 is 0 Å². The summed E-state index contributed by atoms with van der Waals surface area (Å²) in [7, 11) is 0. The van der Waals surface area contributed by atoms with Gasteiger partial charge in [-0.2, -0.15) is 22.8 Å². The van der Waals surface area contributed by atoms with E-state index in [2.05, 4.69) is 15.3 Å². The summed E-state index contributed by atoms with van der Waals surface area (Å²) in [6.07, 6.45) is -4.31. The second-order valence-corrected chi connectivity index (χ2v) is 3.69. The van der Waals surface area contributed by atoms with Crippen LogP contribution in [-0.2, 0) is 11.2 Å². The van der Waals surface area contributed by atoms with Gasteiger partial charge in [-0.15, -0.1) is 10.2 Å². The van der Waals surface area contributed by atoms with Crippen LogP contribution >= 0.6 is 11.3 Å². The van der Waals surface area contributed by atoms with Crippen LogP contribution in [0.25, 0.3) is 4.96 Å². The molecular weight excluding hydrogens is 233 g/mol. The number of hydrogen-bond donors (Lipinski definition) is 0. The molecule has 0 aliphatic rings. The van der Waals surface area contributed by atoms with E-state index < -0.39 is 18.4 Å². The number of hydrogen-bond acceptors (Lipinski definition) is 5. The highest BCUT2D eigenvalue weighted by atomic mass is 32.1. The van der Waals surface area contributed by atoms with E-state index in [-0.39, 0.29) is 5.01 Å². The topological polar surface area (TPSA) is 60.2 Å². The summed E-state index contributed by atoms with van der Waals surface area (Å²) in [5, 5.41) is 10.9. The quantitative estimate of drug-likeness (QED) is 0.775. The van der Waals surface area contributed by atoms with Gasteiger partial charge in [0.2, 0.25) is 10.7 Å². The minimum atomic E-state index is -4.81. The van der Waals surface area contributed by atoms with Gasteiger partial charge >= 0.3 is 6.18 Å². The van der Waals surface area contributed by atoms with Crippen LogP contribution in [-0.4, -0.2) is 31.8 Å². The number of aromatic nitrogens is 4. The zero-order valence-corrected chi connectivity index (χ0v) is 7.84. The lowest BCUT2D eigenvalue weighted by atomic mass is 10.3. The maximum Gasteiger partial charge on any atom is 0.450 e. The Kier molecular flexibility index (Phi) is 2.18. The smallest absolute Gasteiger partial charge is 0.289 e. The molecule has 2 aromatic rings. The summed E-state index contributed by atoms with van der Waals surface area (Å²) in [6, 6.07) is 0. The molecule has 2 aromatic heterocycles. The normalized spacial score (nSPS) is 12.2. The van der Waals surface area contributed by atoms with Crippen molar-refractivity contribution < 1.29 is 18.0 Å². The zero-order valence-electron chi connectivity index (χ0n) is 7.02. The van der Waals surface area contributed by atoms with Gasteiger partial charge in [0.1, 0.15) is 11.3 Å². The van der Waals surface area contributed by atoms with Gasteiger partial charge in [0.25, 0.3) is 0 Å². The van der Waals surface area contributed by atoms with Gasteiger partial charge in [0, 0.05) is 0 Å². The monoisotopic (exact) mass is 236 g/mol. The van der Waals surface area contributed by atoms with Crippen LogP contribution in [0.5, 0.6) is 0 Å². The molecule has 0 fully saturated rings. The fraction of sp³-hybridized carbons (Fsp3) is 0.333. The van der Waals surface area contributed by atoms with E-state index in [9.17, 15) is 18.0 Å². The molecule has 2 rings (SSSR count). The summed E-state index contributed by atoms with van der Waals surface area (Å²) in [5.74, 6) is -1.81. The Morgan fingerprint density at radius 2 is 2.27 bits per heavy atom. The Bertz CT molecular complexity index is 473. The summed E-state index contributed by atoms with van der Waals surface area (Å²) >= 11 is 0.906. The number of fused-ring (bicyclic) bond motifs is 1. The van der Waals surface area contributed by atoms with Crippen molar-refractivity contribution in [3.05, 3.63) is 11.3 Å². The van der Waals surface area contributed by atoms with Gasteiger partial charge in [-0.1, -0.05) is 11.3 Å². The highest BCUT2D eigenvalue weighted by molar-refractivity contribution is 7.16.